The number of para-hydroxylation sites is 1. The quantitative estimate of drug-likeness (QED) is 0.386. The molecule has 0 spiro atoms. The van der Waals surface area contributed by atoms with E-state index in [1.54, 1.807) is 19.1 Å². The van der Waals surface area contributed by atoms with Gasteiger partial charge in [-0.15, -0.1) is 0 Å². The highest BCUT2D eigenvalue weighted by atomic mass is 16.5. The summed E-state index contributed by atoms with van der Waals surface area (Å²) in [7, 11) is 0. The predicted octanol–water partition coefficient (Wildman–Crippen LogP) is 4.49. The largest absolute Gasteiger partial charge is 0.508 e. The summed E-state index contributed by atoms with van der Waals surface area (Å²) in [5.74, 6) is -0.941. The van der Waals surface area contributed by atoms with E-state index in [4.69, 9.17) is 14.5 Å². The van der Waals surface area contributed by atoms with Gasteiger partial charge < -0.3 is 25.2 Å². The lowest BCUT2D eigenvalue weighted by atomic mass is 10.00. The van der Waals surface area contributed by atoms with Gasteiger partial charge >= 0.3 is 18.0 Å². The molecule has 39 heavy (non-hydrogen) atoms. The maximum absolute atomic E-state index is 13.6. The lowest BCUT2D eigenvalue weighted by molar-refractivity contribution is -0.139. The number of hydrogen-bond donors (Lipinski definition) is 3. The van der Waals surface area contributed by atoms with Crippen molar-refractivity contribution in [3.05, 3.63) is 82.2 Å². The van der Waals surface area contributed by atoms with Crippen molar-refractivity contribution in [1.82, 2.24) is 15.6 Å². The fourth-order valence-corrected chi connectivity index (χ4v) is 5.07. The molecule has 5 rings (SSSR count). The highest BCUT2D eigenvalue weighted by Gasteiger charge is 2.33. The minimum absolute atomic E-state index is 0.176. The molecular weight excluding hydrogens is 498 g/mol. The Bertz CT molecular complexity index is 1520. The molecule has 9 heteroatoms. The first kappa shape index (κ1) is 26.0. The first-order valence-corrected chi connectivity index (χ1v) is 13.0. The molecule has 2 aromatic carbocycles. The monoisotopic (exact) mass is 527 g/mol. The number of esters is 2. The number of nitrogens with one attached hydrogen (secondary N) is 2. The van der Waals surface area contributed by atoms with Crippen LogP contribution in [0.1, 0.15) is 53.9 Å². The van der Waals surface area contributed by atoms with Crippen LogP contribution in [-0.2, 0) is 20.7 Å². The van der Waals surface area contributed by atoms with Gasteiger partial charge in [-0.1, -0.05) is 37.3 Å². The van der Waals surface area contributed by atoms with Crippen LogP contribution in [0.25, 0.3) is 22.6 Å². The molecule has 2 aliphatic rings. The summed E-state index contributed by atoms with van der Waals surface area (Å²) in [5, 5.41) is 15.6. The summed E-state index contributed by atoms with van der Waals surface area (Å²) in [6, 6.07) is 13.3. The van der Waals surface area contributed by atoms with Crippen LogP contribution < -0.4 is 10.6 Å². The van der Waals surface area contributed by atoms with Crippen molar-refractivity contribution < 1.29 is 29.0 Å². The van der Waals surface area contributed by atoms with Gasteiger partial charge in [-0.25, -0.2) is 19.4 Å². The number of ether oxygens (including phenoxy) is 2. The maximum Gasteiger partial charge on any atom is 0.339 e. The van der Waals surface area contributed by atoms with Crippen molar-refractivity contribution in [2.24, 2.45) is 0 Å². The van der Waals surface area contributed by atoms with Crippen molar-refractivity contribution in [3.8, 4) is 5.75 Å². The van der Waals surface area contributed by atoms with Crippen LogP contribution in [0.4, 0.5) is 4.79 Å². The van der Waals surface area contributed by atoms with Crippen molar-refractivity contribution >= 4 is 40.5 Å². The van der Waals surface area contributed by atoms with Gasteiger partial charge in [0.1, 0.15) is 12.4 Å². The fraction of sp³-hybridized carbons (Fsp3) is 0.267. The Hall–Kier alpha value is -4.66. The van der Waals surface area contributed by atoms with Gasteiger partial charge in [-0.05, 0) is 67.2 Å². The van der Waals surface area contributed by atoms with E-state index in [0.717, 1.165) is 22.4 Å². The summed E-state index contributed by atoms with van der Waals surface area (Å²) in [6.45, 7) is 3.43. The first-order valence-electron chi connectivity index (χ1n) is 13.0. The van der Waals surface area contributed by atoms with Gasteiger partial charge in [0.2, 0.25) is 0 Å². The van der Waals surface area contributed by atoms with E-state index in [-0.39, 0.29) is 30.2 Å². The fourth-order valence-electron chi connectivity index (χ4n) is 5.07. The summed E-state index contributed by atoms with van der Waals surface area (Å²) in [4.78, 5) is 43.4. The number of aromatic hydroxyl groups is 1. The van der Waals surface area contributed by atoms with E-state index in [9.17, 15) is 19.5 Å². The van der Waals surface area contributed by atoms with E-state index in [1.165, 1.54) is 0 Å². The van der Waals surface area contributed by atoms with Crippen LogP contribution >= 0.6 is 0 Å². The van der Waals surface area contributed by atoms with E-state index >= 15 is 0 Å². The highest BCUT2D eigenvalue weighted by molar-refractivity contribution is 6.07. The summed E-state index contributed by atoms with van der Waals surface area (Å²) < 4.78 is 10.9. The molecular formula is C30H29N3O6. The minimum atomic E-state index is -0.567. The number of carbonyl (C=O) groups is 3. The van der Waals surface area contributed by atoms with Crippen molar-refractivity contribution in [2.75, 3.05) is 13.2 Å². The Morgan fingerprint density at radius 3 is 2.56 bits per heavy atom. The molecule has 200 valence electrons. The Morgan fingerprint density at radius 1 is 1.05 bits per heavy atom. The number of aromatic nitrogens is 1. The lowest BCUT2D eigenvalue weighted by Crippen LogP contribution is -2.51. The maximum atomic E-state index is 13.6. The number of nitrogens with zero attached hydrogens (tertiary/aromatic N) is 1. The normalized spacial score (nSPS) is 17.5. The zero-order valence-electron chi connectivity index (χ0n) is 21.7. The second kappa shape index (κ2) is 11.0. The van der Waals surface area contributed by atoms with Crippen molar-refractivity contribution in [1.29, 1.82) is 0 Å². The third kappa shape index (κ3) is 5.20. The Labute approximate surface area is 225 Å². The summed E-state index contributed by atoms with van der Waals surface area (Å²) >= 11 is 0. The standard InChI is InChI=1S/C30H29N3O6/c1-3-22-26(29(36)38-4-2)24(33-30(37)32-22)16-39-28(35)25-20-7-5-6-8-23(20)31-27-18(11-14-21(25)27)15-17-9-12-19(34)13-10-17/h5-10,12-13,15,22,34H,3-4,11,14,16H2,1-2H3,(H2,32,33,37)/b18-15+. The van der Waals surface area contributed by atoms with E-state index in [1.807, 2.05) is 49.4 Å². The third-order valence-electron chi connectivity index (χ3n) is 6.87. The zero-order valence-corrected chi connectivity index (χ0v) is 21.7. The number of allylic oxidation sites excluding steroid dienone is 1. The SMILES string of the molecule is CCOC(=O)C1=C(COC(=O)c2c3c(nc4ccccc24)/C(=C/c2ccc(O)cc2)CC3)NC(=O)NC1CC. The van der Waals surface area contributed by atoms with E-state index in [2.05, 4.69) is 10.6 Å². The summed E-state index contributed by atoms with van der Waals surface area (Å²) in [5.41, 5.74) is 4.98. The Balaban J connectivity index is 1.51. The molecule has 0 fully saturated rings. The second-order valence-electron chi connectivity index (χ2n) is 9.34. The number of hydrogen-bond acceptors (Lipinski definition) is 7. The molecule has 9 nitrogen and oxygen atoms in total. The Kier molecular flexibility index (Phi) is 7.31. The molecule has 2 amide bonds. The van der Waals surface area contributed by atoms with E-state index < -0.39 is 24.0 Å². The minimum Gasteiger partial charge on any atom is -0.508 e. The molecule has 3 N–H and O–H groups in total. The second-order valence-corrected chi connectivity index (χ2v) is 9.34. The van der Waals surface area contributed by atoms with Gasteiger partial charge in [-0.2, -0.15) is 0 Å². The van der Waals surface area contributed by atoms with Crippen LogP contribution in [0.15, 0.2) is 59.8 Å². The molecule has 0 saturated heterocycles. The number of amides is 2. The highest BCUT2D eigenvalue weighted by Crippen LogP contribution is 2.38. The molecule has 0 radical (unpaired) electrons. The molecule has 1 atom stereocenters. The number of fused-ring (bicyclic) bond motifs is 2. The number of urea groups is 1. The van der Waals surface area contributed by atoms with Gasteiger partial charge in [0.05, 0.1) is 40.7 Å². The summed E-state index contributed by atoms with van der Waals surface area (Å²) in [6.07, 6.45) is 3.78. The van der Waals surface area contributed by atoms with Crippen LogP contribution in [0.5, 0.6) is 5.75 Å². The third-order valence-corrected chi connectivity index (χ3v) is 6.87. The molecule has 3 aromatic rings. The number of phenols is 1. The lowest BCUT2D eigenvalue weighted by Gasteiger charge is -2.28. The van der Waals surface area contributed by atoms with Gasteiger partial charge in [-0.3, -0.25) is 0 Å². The average molecular weight is 528 g/mol. The first-order chi connectivity index (χ1) is 18.9. The molecule has 2 heterocycles. The average Bonchev–Trinajstić information content (AvgIpc) is 3.32. The number of rotatable bonds is 7. The Morgan fingerprint density at radius 2 is 1.82 bits per heavy atom. The zero-order chi connectivity index (χ0) is 27.5. The molecule has 1 unspecified atom stereocenters. The molecule has 1 aliphatic carbocycles. The number of carbonyl (C=O) groups excluding carboxylic acids is 3. The van der Waals surface area contributed by atoms with Crippen LogP contribution in [0.2, 0.25) is 0 Å². The molecule has 0 bridgehead atoms. The smallest absolute Gasteiger partial charge is 0.339 e. The number of pyridine rings is 1. The molecule has 0 saturated carbocycles. The van der Waals surface area contributed by atoms with Gasteiger partial charge in [0.25, 0.3) is 0 Å². The molecule has 1 aromatic heterocycles. The van der Waals surface area contributed by atoms with Crippen LogP contribution in [0, 0.1) is 0 Å². The molecule has 1 aliphatic heterocycles. The van der Waals surface area contributed by atoms with Crippen molar-refractivity contribution in [3.63, 3.8) is 0 Å². The van der Waals surface area contributed by atoms with E-state index in [0.29, 0.717) is 35.7 Å². The predicted molar refractivity (Wildman–Crippen MR) is 146 cm³/mol. The van der Waals surface area contributed by atoms with Crippen molar-refractivity contribution in [2.45, 2.75) is 39.2 Å². The van der Waals surface area contributed by atoms with Gasteiger partial charge in [0, 0.05) is 5.39 Å². The number of benzene rings is 2. The van der Waals surface area contributed by atoms with Crippen LogP contribution in [-0.4, -0.2) is 47.3 Å². The van der Waals surface area contributed by atoms with Gasteiger partial charge in [0.15, 0.2) is 0 Å². The van der Waals surface area contributed by atoms with Crippen LogP contribution in [0.3, 0.4) is 0 Å². The topological polar surface area (TPSA) is 127 Å². The number of phenolic OH excluding ortho intramolecular Hbond substituents is 1.